The third-order valence-electron chi connectivity index (χ3n) is 3.08. The first-order valence-electron chi connectivity index (χ1n) is 7.06. The molecular weight excluding hydrogens is 343 g/mol. The van der Waals surface area contributed by atoms with Gasteiger partial charge in [0.2, 0.25) is 5.88 Å². The number of benzene rings is 1. The highest BCUT2D eigenvalue weighted by Crippen LogP contribution is 2.21. The van der Waals surface area contributed by atoms with Crippen LogP contribution in [-0.4, -0.2) is 32.3 Å². The molecule has 0 aliphatic carbocycles. The molecule has 24 heavy (non-hydrogen) atoms. The first kappa shape index (κ1) is 18.4. The summed E-state index contributed by atoms with van der Waals surface area (Å²) in [6, 6.07) is 12.6. The zero-order valence-corrected chi connectivity index (χ0v) is 13.4. The van der Waals surface area contributed by atoms with E-state index in [1.165, 1.54) is 6.20 Å². The number of rotatable bonds is 7. The molecule has 0 bridgehead atoms. The van der Waals surface area contributed by atoms with E-state index in [-0.39, 0.29) is 5.75 Å². The molecule has 0 spiro atoms. The summed E-state index contributed by atoms with van der Waals surface area (Å²) in [7, 11) is -1.84. The van der Waals surface area contributed by atoms with Crippen molar-refractivity contribution in [1.29, 1.82) is 0 Å². The minimum Gasteiger partial charge on any atom is -0.473 e. The van der Waals surface area contributed by atoms with Gasteiger partial charge >= 0.3 is 6.18 Å². The van der Waals surface area contributed by atoms with Crippen LogP contribution in [-0.2, 0) is 23.2 Å². The maximum absolute atomic E-state index is 12.2. The van der Waals surface area contributed by atoms with Crippen molar-refractivity contribution < 1.29 is 27.2 Å². The Balaban J connectivity index is 1.84. The lowest BCUT2D eigenvalue weighted by Crippen LogP contribution is -2.33. The maximum atomic E-state index is 12.2. The van der Waals surface area contributed by atoms with Gasteiger partial charge in [-0.15, -0.1) is 0 Å². The quantitative estimate of drug-likeness (QED) is 0.826. The lowest BCUT2D eigenvalue weighted by atomic mass is 10.2. The maximum Gasteiger partial charge on any atom is 0.415 e. The van der Waals surface area contributed by atoms with Crippen molar-refractivity contribution in [2.45, 2.75) is 24.6 Å². The Morgan fingerprint density at radius 3 is 2.42 bits per heavy atom. The van der Waals surface area contributed by atoms with Gasteiger partial charge in [0, 0.05) is 23.1 Å². The molecule has 1 heterocycles. The van der Waals surface area contributed by atoms with Gasteiger partial charge < -0.3 is 9.84 Å². The van der Waals surface area contributed by atoms with Crippen molar-refractivity contribution in [3.8, 4) is 5.88 Å². The van der Waals surface area contributed by atoms with E-state index in [4.69, 9.17) is 9.84 Å². The number of aromatic nitrogens is 1. The molecule has 0 saturated heterocycles. The molecule has 2 unspecified atom stereocenters. The molecule has 1 aromatic heterocycles. The molecule has 0 radical (unpaired) electrons. The number of nitrogens with zero attached hydrogens (tertiary/aromatic N) is 1. The Hall–Kier alpha value is -1.93. The molecule has 0 saturated carbocycles. The second-order valence-electron chi connectivity index (χ2n) is 5.09. The summed E-state index contributed by atoms with van der Waals surface area (Å²) in [6.45, 7) is 0.344. The summed E-state index contributed by atoms with van der Waals surface area (Å²) in [5.74, 6) is -0.599. The molecular formula is C16H16F3NO3S. The largest absolute Gasteiger partial charge is 0.473 e. The van der Waals surface area contributed by atoms with E-state index in [0.717, 1.165) is 5.56 Å². The van der Waals surface area contributed by atoms with Gasteiger partial charge in [0.15, 0.2) is 6.10 Å². The van der Waals surface area contributed by atoms with Crippen LogP contribution in [0.3, 0.4) is 0 Å². The predicted octanol–water partition coefficient (Wildman–Crippen LogP) is 2.83. The Bertz CT molecular complexity index is 663. The van der Waals surface area contributed by atoms with Gasteiger partial charge in [-0.2, -0.15) is 13.2 Å². The molecule has 2 rings (SSSR count). The van der Waals surface area contributed by atoms with E-state index in [2.05, 4.69) is 4.98 Å². The van der Waals surface area contributed by atoms with Crippen molar-refractivity contribution in [3.63, 3.8) is 0 Å². The molecule has 1 N–H and O–H groups in total. The highest BCUT2D eigenvalue weighted by atomic mass is 32.2. The van der Waals surface area contributed by atoms with Crippen LogP contribution in [0.2, 0.25) is 0 Å². The van der Waals surface area contributed by atoms with Crippen molar-refractivity contribution in [2.75, 3.05) is 5.75 Å². The Morgan fingerprint density at radius 2 is 1.83 bits per heavy atom. The van der Waals surface area contributed by atoms with Gasteiger partial charge in [-0.25, -0.2) is 4.98 Å². The number of alkyl halides is 3. The smallest absolute Gasteiger partial charge is 0.415 e. The van der Waals surface area contributed by atoms with Gasteiger partial charge in [0.25, 0.3) is 0 Å². The molecule has 2 atom stereocenters. The van der Waals surface area contributed by atoms with E-state index >= 15 is 0 Å². The summed E-state index contributed by atoms with van der Waals surface area (Å²) in [4.78, 5) is 4.03. The van der Waals surface area contributed by atoms with Gasteiger partial charge in [-0.05, 0) is 11.1 Å². The molecule has 8 heteroatoms. The van der Waals surface area contributed by atoms with Gasteiger partial charge in [-0.1, -0.05) is 36.4 Å². The fraction of sp³-hybridized carbons (Fsp3) is 0.312. The molecule has 0 aliphatic heterocycles. The van der Waals surface area contributed by atoms with E-state index in [0.29, 0.717) is 18.1 Å². The van der Waals surface area contributed by atoms with Gasteiger partial charge in [0.1, 0.15) is 6.61 Å². The molecule has 1 aromatic carbocycles. The highest BCUT2D eigenvalue weighted by Gasteiger charge is 2.39. The zero-order valence-electron chi connectivity index (χ0n) is 12.6. The second kappa shape index (κ2) is 8.25. The van der Waals surface area contributed by atoms with Crippen LogP contribution in [0.5, 0.6) is 5.88 Å². The Labute approximate surface area is 139 Å². The fourth-order valence-electron chi connectivity index (χ4n) is 1.83. The minimum absolute atomic E-state index is 0.112. The van der Waals surface area contributed by atoms with Crippen molar-refractivity contribution >= 4 is 10.8 Å². The summed E-state index contributed by atoms with van der Waals surface area (Å²) in [6.07, 6.45) is -5.94. The van der Waals surface area contributed by atoms with Crippen LogP contribution in [0.15, 0.2) is 48.7 Å². The average Bonchev–Trinajstić information content (AvgIpc) is 2.54. The second-order valence-corrected chi connectivity index (χ2v) is 6.59. The monoisotopic (exact) mass is 359 g/mol. The first-order valence-corrected chi connectivity index (χ1v) is 8.55. The highest BCUT2D eigenvalue weighted by molar-refractivity contribution is 7.84. The van der Waals surface area contributed by atoms with E-state index in [1.54, 1.807) is 12.1 Å². The average molecular weight is 359 g/mol. The fourth-order valence-corrected chi connectivity index (χ4v) is 3.03. The third kappa shape index (κ3) is 5.93. The summed E-state index contributed by atoms with van der Waals surface area (Å²) < 4.78 is 53.8. The lowest BCUT2D eigenvalue weighted by molar-refractivity contribution is -0.196. The predicted molar refractivity (Wildman–Crippen MR) is 83.8 cm³/mol. The van der Waals surface area contributed by atoms with Crippen LogP contribution < -0.4 is 4.74 Å². The number of aliphatic hydroxyl groups excluding tert-OH is 1. The molecule has 0 amide bonds. The number of ether oxygens (including phenoxy) is 1. The first-order chi connectivity index (χ1) is 11.3. The van der Waals surface area contributed by atoms with Crippen LogP contribution in [0.4, 0.5) is 13.2 Å². The molecule has 0 aliphatic rings. The minimum atomic E-state index is -4.76. The molecule has 0 fully saturated rings. The third-order valence-corrected chi connectivity index (χ3v) is 4.42. The van der Waals surface area contributed by atoms with Gasteiger partial charge in [0.05, 0.1) is 11.5 Å². The van der Waals surface area contributed by atoms with Crippen LogP contribution in [0, 0.1) is 0 Å². The Morgan fingerprint density at radius 1 is 1.12 bits per heavy atom. The summed E-state index contributed by atoms with van der Waals surface area (Å²) >= 11 is 0. The van der Waals surface area contributed by atoms with Crippen LogP contribution >= 0.6 is 0 Å². The normalized spacial score (nSPS) is 14.2. The van der Waals surface area contributed by atoms with E-state index in [1.807, 2.05) is 30.3 Å². The van der Waals surface area contributed by atoms with Gasteiger partial charge in [-0.3, -0.25) is 4.21 Å². The van der Waals surface area contributed by atoms with Crippen molar-refractivity contribution in [1.82, 2.24) is 4.98 Å². The summed E-state index contributed by atoms with van der Waals surface area (Å²) in [5, 5.41) is 8.90. The topological polar surface area (TPSA) is 59.4 Å². The van der Waals surface area contributed by atoms with Crippen LogP contribution in [0.25, 0.3) is 0 Å². The SMILES string of the molecule is O=S(Cc1ccc(OCc2ccccc2)nc1)CC(O)C(F)(F)F. The lowest BCUT2D eigenvalue weighted by Gasteiger charge is -2.13. The summed E-state index contributed by atoms with van der Waals surface area (Å²) in [5.41, 5.74) is 1.49. The zero-order chi connectivity index (χ0) is 17.6. The number of halogens is 3. The number of hydrogen-bond donors (Lipinski definition) is 1. The van der Waals surface area contributed by atoms with E-state index in [9.17, 15) is 17.4 Å². The van der Waals surface area contributed by atoms with Crippen LogP contribution in [0.1, 0.15) is 11.1 Å². The number of aliphatic hydroxyl groups is 1. The molecule has 4 nitrogen and oxygen atoms in total. The molecule has 2 aromatic rings. The number of hydrogen-bond acceptors (Lipinski definition) is 4. The van der Waals surface area contributed by atoms with Crippen molar-refractivity contribution in [2.24, 2.45) is 0 Å². The standard InChI is InChI=1S/C16H16F3NO3S/c17-16(18,19)14(21)11-24(22)10-13-6-7-15(20-8-13)23-9-12-4-2-1-3-5-12/h1-8,14,21H,9-11H2. The number of pyridine rings is 1. The van der Waals surface area contributed by atoms with Crippen molar-refractivity contribution in [3.05, 3.63) is 59.8 Å². The molecule has 130 valence electrons. The van der Waals surface area contributed by atoms with E-state index < -0.39 is 28.8 Å². The Kier molecular flexibility index (Phi) is 6.33.